The van der Waals surface area contributed by atoms with Crippen molar-refractivity contribution in [2.24, 2.45) is 0 Å². The van der Waals surface area contributed by atoms with Crippen LogP contribution in [0.2, 0.25) is 5.02 Å². The molecule has 5 heteroatoms. The summed E-state index contributed by atoms with van der Waals surface area (Å²) in [7, 11) is 0. The maximum Gasteiger partial charge on any atom is 0.251 e. The molecule has 0 bridgehead atoms. The van der Waals surface area contributed by atoms with Crippen molar-refractivity contribution in [1.29, 1.82) is 0 Å². The minimum absolute atomic E-state index is 0.0404. The fourth-order valence-electron chi connectivity index (χ4n) is 1.52. The van der Waals surface area contributed by atoms with Gasteiger partial charge in [-0.25, -0.2) is 4.39 Å². The second kappa shape index (κ2) is 6.53. The lowest BCUT2D eigenvalue weighted by molar-refractivity contribution is 0.0902. The van der Waals surface area contributed by atoms with Gasteiger partial charge in [-0.2, -0.15) is 0 Å². The molecular weight excluding hydrogens is 321 g/mol. The van der Waals surface area contributed by atoms with Gasteiger partial charge in [0.1, 0.15) is 5.82 Å². The number of nitrogens with one attached hydrogen (secondary N) is 1. The predicted octanol–water partition coefficient (Wildman–Crippen LogP) is 4.16. The van der Waals surface area contributed by atoms with E-state index in [-0.39, 0.29) is 16.5 Å². The van der Waals surface area contributed by atoms with Crippen LogP contribution < -0.4 is 5.32 Å². The van der Waals surface area contributed by atoms with E-state index < -0.39 is 5.82 Å². The Labute approximate surface area is 120 Å². The van der Waals surface area contributed by atoms with Crippen molar-refractivity contribution in [1.82, 2.24) is 5.32 Å². The number of alkyl halides is 1. The van der Waals surface area contributed by atoms with Gasteiger partial charge in [0.05, 0.1) is 5.02 Å². The van der Waals surface area contributed by atoms with Crippen molar-refractivity contribution in [3.05, 3.63) is 34.6 Å². The molecule has 18 heavy (non-hydrogen) atoms. The van der Waals surface area contributed by atoms with Crippen LogP contribution in [-0.2, 0) is 0 Å². The standard InChI is InChI=1S/C13H16BrClFNO/c1-3-13(2,6-7-14)17-12(18)9-4-5-11(16)10(15)8-9/h4-5,8H,3,6-7H2,1-2H3,(H,17,18). The summed E-state index contributed by atoms with van der Waals surface area (Å²) in [6, 6.07) is 3.97. The number of halogens is 3. The van der Waals surface area contributed by atoms with E-state index in [1.165, 1.54) is 18.2 Å². The number of benzene rings is 1. The molecule has 1 unspecified atom stereocenters. The molecule has 0 saturated heterocycles. The number of hydrogen-bond acceptors (Lipinski definition) is 1. The van der Waals surface area contributed by atoms with Gasteiger partial charge < -0.3 is 5.32 Å². The molecule has 0 aliphatic carbocycles. The highest BCUT2D eigenvalue weighted by molar-refractivity contribution is 9.09. The largest absolute Gasteiger partial charge is 0.347 e. The minimum Gasteiger partial charge on any atom is -0.347 e. The summed E-state index contributed by atoms with van der Waals surface area (Å²) >= 11 is 9.03. The maximum atomic E-state index is 13.0. The quantitative estimate of drug-likeness (QED) is 0.804. The number of carbonyl (C=O) groups excluding carboxylic acids is 1. The van der Waals surface area contributed by atoms with Gasteiger partial charge in [-0.15, -0.1) is 0 Å². The van der Waals surface area contributed by atoms with E-state index in [0.29, 0.717) is 5.56 Å². The van der Waals surface area contributed by atoms with Crippen molar-refractivity contribution in [2.75, 3.05) is 5.33 Å². The Balaban J connectivity index is 2.84. The summed E-state index contributed by atoms with van der Waals surface area (Å²) in [5, 5.41) is 3.72. The average Bonchev–Trinajstić information content (AvgIpc) is 2.32. The van der Waals surface area contributed by atoms with E-state index in [1.807, 2.05) is 13.8 Å². The van der Waals surface area contributed by atoms with Gasteiger partial charge in [0.15, 0.2) is 0 Å². The van der Waals surface area contributed by atoms with Crippen LogP contribution in [0.15, 0.2) is 18.2 Å². The first-order chi connectivity index (χ1) is 8.41. The Morgan fingerprint density at radius 1 is 1.56 bits per heavy atom. The molecule has 2 nitrogen and oxygen atoms in total. The molecule has 0 saturated carbocycles. The maximum absolute atomic E-state index is 13.0. The molecule has 1 aromatic rings. The minimum atomic E-state index is -0.521. The molecule has 0 aliphatic rings. The molecule has 0 heterocycles. The molecule has 0 spiro atoms. The van der Waals surface area contributed by atoms with Crippen LogP contribution in [-0.4, -0.2) is 16.8 Å². The number of hydrogen-bond donors (Lipinski definition) is 1. The fraction of sp³-hybridized carbons (Fsp3) is 0.462. The van der Waals surface area contributed by atoms with Gasteiger partial charge in [0.2, 0.25) is 0 Å². The van der Waals surface area contributed by atoms with Gasteiger partial charge in [0, 0.05) is 16.4 Å². The molecule has 1 atom stereocenters. The fourth-order valence-corrected chi connectivity index (χ4v) is 2.58. The third-order valence-corrected chi connectivity index (χ3v) is 3.71. The third kappa shape index (κ3) is 3.95. The summed E-state index contributed by atoms with van der Waals surface area (Å²) in [4.78, 5) is 12.1. The van der Waals surface area contributed by atoms with Crippen LogP contribution in [0.3, 0.4) is 0 Å². The van der Waals surface area contributed by atoms with E-state index >= 15 is 0 Å². The number of rotatable bonds is 5. The average molecular weight is 337 g/mol. The first-order valence-electron chi connectivity index (χ1n) is 5.75. The van der Waals surface area contributed by atoms with E-state index in [4.69, 9.17) is 11.6 Å². The number of carbonyl (C=O) groups is 1. The molecule has 0 aliphatic heterocycles. The Kier molecular flexibility index (Phi) is 5.60. The van der Waals surface area contributed by atoms with Crippen molar-refractivity contribution in [3.63, 3.8) is 0 Å². The SMILES string of the molecule is CCC(C)(CCBr)NC(=O)c1ccc(F)c(Cl)c1. The first kappa shape index (κ1) is 15.4. The van der Waals surface area contributed by atoms with E-state index in [9.17, 15) is 9.18 Å². The van der Waals surface area contributed by atoms with Gasteiger partial charge in [0.25, 0.3) is 5.91 Å². The molecular formula is C13H16BrClFNO. The van der Waals surface area contributed by atoms with E-state index in [2.05, 4.69) is 21.2 Å². The lowest BCUT2D eigenvalue weighted by atomic mass is 9.95. The Morgan fingerprint density at radius 3 is 2.72 bits per heavy atom. The highest BCUT2D eigenvalue weighted by atomic mass is 79.9. The molecule has 0 aromatic heterocycles. The van der Waals surface area contributed by atoms with Crippen LogP contribution in [0.5, 0.6) is 0 Å². The predicted molar refractivity (Wildman–Crippen MR) is 76.0 cm³/mol. The van der Waals surface area contributed by atoms with Crippen molar-refractivity contribution in [2.45, 2.75) is 32.2 Å². The van der Waals surface area contributed by atoms with Crippen LogP contribution in [0, 0.1) is 5.82 Å². The summed E-state index contributed by atoms with van der Waals surface area (Å²) < 4.78 is 13.0. The van der Waals surface area contributed by atoms with Gasteiger partial charge >= 0.3 is 0 Å². The van der Waals surface area contributed by atoms with E-state index in [0.717, 1.165) is 18.2 Å². The zero-order valence-electron chi connectivity index (χ0n) is 10.4. The molecule has 0 fully saturated rings. The Morgan fingerprint density at radius 2 is 2.22 bits per heavy atom. The smallest absolute Gasteiger partial charge is 0.251 e. The summed E-state index contributed by atoms with van der Waals surface area (Å²) in [5.41, 5.74) is 0.0946. The normalized spacial score (nSPS) is 14.1. The molecule has 0 radical (unpaired) electrons. The summed E-state index contributed by atoms with van der Waals surface area (Å²) in [5.74, 6) is -0.755. The topological polar surface area (TPSA) is 29.1 Å². The van der Waals surface area contributed by atoms with Crippen molar-refractivity contribution >= 4 is 33.4 Å². The second-order valence-electron chi connectivity index (χ2n) is 4.44. The lowest BCUT2D eigenvalue weighted by Crippen LogP contribution is -2.45. The Hall–Kier alpha value is -0.610. The highest BCUT2D eigenvalue weighted by Crippen LogP contribution is 2.19. The van der Waals surface area contributed by atoms with Crippen LogP contribution in [0.25, 0.3) is 0 Å². The monoisotopic (exact) mass is 335 g/mol. The molecule has 1 aromatic carbocycles. The molecule has 1 amide bonds. The first-order valence-corrected chi connectivity index (χ1v) is 7.25. The Bertz CT molecular complexity index is 441. The van der Waals surface area contributed by atoms with E-state index in [1.54, 1.807) is 0 Å². The zero-order chi connectivity index (χ0) is 13.8. The third-order valence-electron chi connectivity index (χ3n) is 3.02. The molecule has 1 rings (SSSR count). The molecule has 100 valence electrons. The van der Waals surface area contributed by atoms with Gasteiger partial charge in [-0.1, -0.05) is 34.5 Å². The van der Waals surface area contributed by atoms with Gasteiger partial charge in [-0.05, 0) is 38.0 Å². The number of amides is 1. The van der Waals surface area contributed by atoms with Crippen LogP contribution >= 0.6 is 27.5 Å². The van der Waals surface area contributed by atoms with Crippen LogP contribution in [0.4, 0.5) is 4.39 Å². The molecule has 1 N–H and O–H groups in total. The highest BCUT2D eigenvalue weighted by Gasteiger charge is 2.24. The lowest BCUT2D eigenvalue weighted by Gasteiger charge is -2.29. The van der Waals surface area contributed by atoms with Gasteiger partial charge in [-0.3, -0.25) is 4.79 Å². The second-order valence-corrected chi connectivity index (χ2v) is 5.64. The van der Waals surface area contributed by atoms with Crippen molar-refractivity contribution in [3.8, 4) is 0 Å². The summed E-state index contributed by atoms with van der Waals surface area (Å²) in [6.45, 7) is 4.00. The zero-order valence-corrected chi connectivity index (χ0v) is 12.7. The van der Waals surface area contributed by atoms with Crippen LogP contribution in [0.1, 0.15) is 37.0 Å². The van der Waals surface area contributed by atoms with Crippen molar-refractivity contribution < 1.29 is 9.18 Å². The summed E-state index contributed by atoms with van der Waals surface area (Å²) in [6.07, 6.45) is 1.64.